The summed E-state index contributed by atoms with van der Waals surface area (Å²) in [6.07, 6.45) is 1.07. The van der Waals surface area contributed by atoms with Gasteiger partial charge in [0.25, 0.3) is 0 Å². The fourth-order valence-corrected chi connectivity index (χ4v) is 2.97. The summed E-state index contributed by atoms with van der Waals surface area (Å²) in [6.45, 7) is 3.48. The van der Waals surface area contributed by atoms with Gasteiger partial charge in [-0.2, -0.15) is 4.72 Å². The maximum absolute atomic E-state index is 12.1. The predicted molar refractivity (Wildman–Crippen MR) is 82.0 cm³/mol. The van der Waals surface area contributed by atoms with Crippen LogP contribution in [0.15, 0.2) is 29.2 Å². The lowest BCUT2D eigenvalue weighted by Crippen LogP contribution is -2.40. The Bertz CT molecular complexity index is 625. The van der Waals surface area contributed by atoms with E-state index in [9.17, 15) is 18.0 Å². The minimum atomic E-state index is -3.92. The summed E-state index contributed by atoms with van der Waals surface area (Å²) < 4.78 is 26.5. The highest BCUT2D eigenvalue weighted by atomic mass is 32.2. The molecule has 1 atom stereocenters. The molecule has 1 aromatic carbocycles. The Morgan fingerprint density at radius 1 is 1.18 bits per heavy atom. The molecule has 122 valence electrons. The molecule has 0 fully saturated rings. The molecule has 0 aliphatic rings. The number of sulfonamides is 1. The van der Waals surface area contributed by atoms with Gasteiger partial charge in [0.15, 0.2) is 0 Å². The van der Waals surface area contributed by atoms with E-state index in [-0.39, 0.29) is 17.2 Å². The molecule has 0 aromatic heterocycles. The van der Waals surface area contributed by atoms with Gasteiger partial charge in [-0.15, -0.1) is 0 Å². The summed E-state index contributed by atoms with van der Waals surface area (Å²) in [6, 6.07) is 4.39. The Hall–Kier alpha value is -1.93. The van der Waals surface area contributed by atoms with Crippen molar-refractivity contribution >= 4 is 27.6 Å². The molecule has 3 N–H and O–H groups in total. The molecule has 1 unspecified atom stereocenters. The third-order valence-corrected chi connectivity index (χ3v) is 4.43. The van der Waals surface area contributed by atoms with Gasteiger partial charge in [-0.3, -0.25) is 9.59 Å². The van der Waals surface area contributed by atoms with Gasteiger partial charge in [0, 0.05) is 12.1 Å². The minimum absolute atomic E-state index is 0.0515. The quantitative estimate of drug-likeness (QED) is 0.670. The molecular weight excluding hydrogens is 308 g/mol. The van der Waals surface area contributed by atoms with E-state index < -0.39 is 22.0 Å². The third kappa shape index (κ3) is 5.12. The van der Waals surface area contributed by atoms with Crippen molar-refractivity contribution < 1.29 is 23.1 Å². The summed E-state index contributed by atoms with van der Waals surface area (Å²) in [5.41, 5.74) is 0.481. The van der Waals surface area contributed by atoms with Crippen LogP contribution in [0, 0.1) is 0 Å². The van der Waals surface area contributed by atoms with E-state index in [0.717, 1.165) is 0 Å². The van der Waals surface area contributed by atoms with E-state index >= 15 is 0 Å². The highest BCUT2D eigenvalue weighted by Crippen LogP contribution is 2.15. The number of carboxylic acids is 1. The average Bonchev–Trinajstić information content (AvgIpc) is 2.47. The first-order chi connectivity index (χ1) is 10.3. The number of benzene rings is 1. The smallest absolute Gasteiger partial charge is 0.321 e. The minimum Gasteiger partial charge on any atom is -0.480 e. The average molecular weight is 328 g/mol. The number of hydrogen-bond acceptors (Lipinski definition) is 4. The highest BCUT2D eigenvalue weighted by molar-refractivity contribution is 7.89. The van der Waals surface area contributed by atoms with E-state index in [1.807, 2.05) is 0 Å². The lowest BCUT2D eigenvalue weighted by molar-refractivity contribution is -0.139. The number of nitrogens with one attached hydrogen (secondary N) is 2. The van der Waals surface area contributed by atoms with Crippen molar-refractivity contribution in [2.24, 2.45) is 0 Å². The molecule has 22 heavy (non-hydrogen) atoms. The Morgan fingerprint density at radius 3 is 2.23 bits per heavy atom. The monoisotopic (exact) mass is 328 g/mol. The standard InChI is InChI=1S/C14H20N2O5S/c1-3-5-12(14(18)19)16-22(20,21)11-8-6-10(7-9-11)15-13(17)4-2/h6-9,12,16H,3-5H2,1-2H3,(H,15,17)(H,18,19). The molecule has 0 aliphatic carbocycles. The fraction of sp³-hybridized carbons (Fsp3) is 0.429. The van der Waals surface area contributed by atoms with Crippen LogP contribution in [0.4, 0.5) is 5.69 Å². The number of carbonyl (C=O) groups excluding carboxylic acids is 1. The SMILES string of the molecule is CCCC(NS(=O)(=O)c1ccc(NC(=O)CC)cc1)C(=O)O. The molecule has 0 aliphatic heterocycles. The van der Waals surface area contributed by atoms with Crippen molar-refractivity contribution in [1.29, 1.82) is 0 Å². The Morgan fingerprint density at radius 2 is 1.77 bits per heavy atom. The zero-order valence-corrected chi connectivity index (χ0v) is 13.3. The number of rotatable bonds is 8. The Balaban J connectivity index is 2.89. The van der Waals surface area contributed by atoms with Crippen LogP contribution in [0.5, 0.6) is 0 Å². The molecule has 1 amide bonds. The third-order valence-electron chi connectivity index (χ3n) is 2.94. The molecule has 0 heterocycles. The zero-order chi connectivity index (χ0) is 16.8. The first kappa shape index (κ1) is 18.1. The molecule has 0 radical (unpaired) electrons. The van der Waals surface area contributed by atoms with E-state index in [1.54, 1.807) is 13.8 Å². The number of amides is 1. The molecule has 0 saturated heterocycles. The summed E-state index contributed by atoms with van der Waals surface area (Å²) in [7, 11) is -3.92. The van der Waals surface area contributed by atoms with E-state index in [0.29, 0.717) is 18.5 Å². The lowest BCUT2D eigenvalue weighted by atomic mass is 10.2. The number of hydrogen-bond donors (Lipinski definition) is 3. The second-order valence-electron chi connectivity index (χ2n) is 4.73. The van der Waals surface area contributed by atoms with Crippen LogP contribution in [0.25, 0.3) is 0 Å². The highest BCUT2D eigenvalue weighted by Gasteiger charge is 2.24. The van der Waals surface area contributed by atoms with Crippen LogP contribution in [-0.2, 0) is 19.6 Å². The first-order valence-electron chi connectivity index (χ1n) is 6.95. The van der Waals surface area contributed by atoms with Gasteiger partial charge in [-0.1, -0.05) is 20.3 Å². The van der Waals surface area contributed by atoms with Crippen molar-refractivity contribution in [2.75, 3.05) is 5.32 Å². The van der Waals surface area contributed by atoms with Crippen molar-refractivity contribution in [3.8, 4) is 0 Å². The van der Waals surface area contributed by atoms with Crippen molar-refractivity contribution in [3.63, 3.8) is 0 Å². The molecule has 0 saturated carbocycles. The topological polar surface area (TPSA) is 113 Å². The number of carboxylic acid groups (broad SMARTS) is 1. The maximum Gasteiger partial charge on any atom is 0.321 e. The molecule has 0 spiro atoms. The molecular formula is C14H20N2O5S. The van der Waals surface area contributed by atoms with Gasteiger partial charge < -0.3 is 10.4 Å². The second kappa shape index (κ2) is 7.90. The number of anilines is 1. The lowest BCUT2D eigenvalue weighted by Gasteiger charge is -2.14. The summed E-state index contributed by atoms with van der Waals surface area (Å²) in [4.78, 5) is 22.2. The van der Waals surface area contributed by atoms with Crippen LogP contribution in [0.2, 0.25) is 0 Å². The van der Waals surface area contributed by atoms with Gasteiger partial charge in [0.1, 0.15) is 6.04 Å². The van der Waals surface area contributed by atoms with Gasteiger partial charge >= 0.3 is 5.97 Å². The first-order valence-corrected chi connectivity index (χ1v) is 8.43. The van der Waals surface area contributed by atoms with Crippen molar-refractivity contribution in [2.45, 2.75) is 44.0 Å². The predicted octanol–water partition coefficient (Wildman–Crippen LogP) is 1.57. The van der Waals surface area contributed by atoms with Crippen molar-refractivity contribution in [1.82, 2.24) is 4.72 Å². The Kier molecular flexibility index (Phi) is 6.51. The normalized spacial score (nSPS) is 12.6. The van der Waals surface area contributed by atoms with Crippen molar-refractivity contribution in [3.05, 3.63) is 24.3 Å². The van der Waals surface area contributed by atoms with Gasteiger partial charge in [-0.05, 0) is 30.7 Å². The van der Waals surface area contributed by atoms with Crippen LogP contribution in [-0.4, -0.2) is 31.4 Å². The summed E-state index contributed by atoms with van der Waals surface area (Å²) in [5.74, 6) is -1.39. The number of carbonyl (C=O) groups is 2. The molecule has 0 bridgehead atoms. The van der Waals surface area contributed by atoms with Gasteiger partial charge in [-0.25, -0.2) is 8.42 Å². The molecule has 7 nitrogen and oxygen atoms in total. The van der Waals surface area contributed by atoms with Crippen LogP contribution in [0.1, 0.15) is 33.1 Å². The fourth-order valence-electron chi connectivity index (χ4n) is 1.74. The largest absolute Gasteiger partial charge is 0.480 e. The molecule has 8 heteroatoms. The van der Waals surface area contributed by atoms with E-state index in [2.05, 4.69) is 10.0 Å². The van der Waals surface area contributed by atoms with E-state index in [4.69, 9.17) is 5.11 Å². The summed E-state index contributed by atoms with van der Waals surface area (Å²) >= 11 is 0. The summed E-state index contributed by atoms with van der Waals surface area (Å²) in [5, 5.41) is 11.6. The van der Waals surface area contributed by atoms with Crippen LogP contribution < -0.4 is 10.0 Å². The maximum atomic E-state index is 12.1. The number of aliphatic carboxylic acids is 1. The van der Waals surface area contributed by atoms with Gasteiger partial charge in [0.05, 0.1) is 4.90 Å². The Labute approximate surface area is 129 Å². The van der Waals surface area contributed by atoms with Crippen LogP contribution in [0.3, 0.4) is 0 Å². The van der Waals surface area contributed by atoms with Gasteiger partial charge in [0.2, 0.25) is 15.9 Å². The molecule has 1 aromatic rings. The second-order valence-corrected chi connectivity index (χ2v) is 6.44. The van der Waals surface area contributed by atoms with Crippen LogP contribution >= 0.6 is 0 Å². The zero-order valence-electron chi connectivity index (χ0n) is 12.5. The van der Waals surface area contributed by atoms with E-state index in [1.165, 1.54) is 24.3 Å². The molecule has 1 rings (SSSR count).